The van der Waals surface area contributed by atoms with Gasteiger partial charge >= 0.3 is 0 Å². The van der Waals surface area contributed by atoms with E-state index in [1.165, 1.54) is 0 Å². The van der Waals surface area contributed by atoms with Crippen molar-refractivity contribution in [2.24, 2.45) is 11.8 Å². The molecule has 1 unspecified atom stereocenters. The van der Waals surface area contributed by atoms with Crippen LogP contribution in [0, 0.1) is 18.8 Å². The van der Waals surface area contributed by atoms with Gasteiger partial charge in [0.1, 0.15) is 16.4 Å². The quantitative estimate of drug-likeness (QED) is 0.687. The summed E-state index contributed by atoms with van der Waals surface area (Å²) in [5.74, 6) is 1.82. The maximum Gasteiger partial charge on any atom is 0.244 e. The van der Waals surface area contributed by atoms with E-state index >= 15 is 0 Å². The van der Waals surface area contributed by atoms with Crippen LogP contribution in [0.4, 0.5) is 0 Å². The van der Waals surface area contributed by atoms with Crippen molar-refractivity contribution in [2.75, 3.05) is 13.1 Å². The molecular weight excluding hydrogens is 288 g/mol. The van der Waals surface area contributed by atoms with E-state index in [9.17, 15) is 8.42 Å². The van der Waals surface area contributed by atoms with Crippen molar-refractivity contribution in [1.82, 2.24) is 10.0 Å². The minimum Gasteiger partial charge on any atom is -0.464 e. The molecule has 6 heteroatoms. The van der Waals surface area contributed by atoms with Gasteiger partial charge in [-0.15, -0.1) is 0 Å². The van der Waals surface area contributed by atoms with Gasteiger partial charge in [0.25, 0.3) is 0 Å². The molecule has 21 heavy (non-hydrogen) atoms. The van der Waals surface area contributed by atoms with E-state index in [0.717, 1.165) is 13.0 Å². The molecule has 0 spiro atoms. The van der Waals surface area contributed by atoms with E-state index in [4.69, 9.17) is 4.42 Å². The van der Waals surface area contributed by atoms with Crippen LogP contribution in [0.1, 0.15) is 45.6 Å². The van der Waals surface area contributed by atoms with Crippen molar-refractivity contribution in [3.8, 4) is 0 Å². The molecule has 1 aromatic heterocycles. The molecule has 1 rings (SSSR count). The highest BCUT2D eigenvalue weighted by molar-refractivity contribution is 7.89. The van der Waals surface area contributed by atoms with E-state index in [1.807, 2.05) is 6.92 Å². The number of rotatable bonds is 9. The maximum absolute atomic E-state index is 12.3. The second kappa shape index (κ2) is 7.96. The van der Waals surface area contributed by atoms with Gasteiger partial charge in [-0.2, -0.15) is 0 Å². The second-order valence-corrected chi connectivity index (χ2v) is 7.62. The van der Waals surface area contributed by atoms with Crippen LogP contribution in [0.15, 0.2) is 15.4 Å². The van der Waals surface area contributed by atoms with Gasteiger partial charge in [-0.1, -0.05) is 27.7 Å². The molecule has 0 amide bonds. The Bertz CT molecular complexity index is 535. The zero-order valence-electron chi connectivity index (χ0n) is 13.7. The summed E-state index contributed by atoms with van der Waals surface area (Å²) in [5.41, 5.74) is 0. The van der Waals surface area contributed by atoms with E-state index in [1.54, 1.807) is 13.0 Å². The predicted molar refractivity (Wildman–Crippen MR) is 84.6 cm³/mol. The molecule has 0 radical (unpaired) electrons. The first-order chi connectivity index (χ1) is 9.77. The van der Waals surface area contributed by atoms with Crippen LogP contribution in [0.3, 0.4) is 0 Å². The van der Waals surface area contributed by atoms with Crippen LogP contribution >= 0.6 is 0 Å². The molecule has 0 aromatic carbocycles. The SMILES string of the molecule is CCCNCc1cc(S(=O)(=O)NCC(C)C(C)C)c(C)o1. The van der Waals surface area contributed by atoms with Gasteiger partial charge in [-0.3, -0.25) is 0 Å². The fourth-order valence-electron chi connectivity index (χ4n) is 1.82. The molecule has 5 nitrogen and oxygen atoms in total. The molecule has 0 aliphatic heterocycles. The summed E-state index contributed by atoms with van der Waals surface area (Å²) in [6, 6.07) is 1.61. The molecule has 0 fully saturated rings. The van der Waals surface area contributed by atoms with Crippen molar-refractivity contribution in [3.63, 3.8) is 0 Å². The lowest BCUT2D eigenvalue weighted by Crippen LogP contribution is -2.30. The van der Waals surface area contributed by atoms with Gasteiger partial charge in [0.15, 0.2) is 0 Å². The van der Waals surface area contributed by atoms with E-state index in [0.29, 0.717) is 30.5 Å². The molecular formula is C15H28N2O3S. The number of hydrogen-bond donors (Lipinski definition) is 2. The van der Waals surface area contributed by atoms with Crippen molar-refractivity contribution in [3.05, 3.63) is 17.6 Å². The van der Waals surface area contributed by atoms with Crippen molar-refractivity contribution in [2.45, 2.75) is 52.5 Å². The third-order valence-corrected chi connectivity index (χ3v) is 5.20. The predicted octanol–water partition coefficient (Wildman–Crippen LogP) is 2.66. The van der Waals surface area contributed by atoms with Gasteiger partial charge in [-0.05, 0) is 31.7 Å². The number of furan rings is 1. The van der Waals surface area contributed by atoms with E-state index in [-0.39, 0.29) is 10.8 Å². The van der Waals surface area contributed by atoms with Crippen molar-refractivity contribution < 1.29 is 12.8 Å². The van der Waals surface area contributed by atoms with Crippen molar-refractivity contribution >= 4 is 10.0 Å². The smallest absolute Gasteiger partial charge is 0.244 e. The standard InChI is InChI=1S/C15H28N2O3S/c1-6-7-16-10-14-8-15(13(5)20-14)21(18,19)17-9-12(4)11(2)3/h8,11-12,16-17H,6-7,9-10H2,1-5H3. The van der Waals surface area contributed by atoms with Gasteiger partial charge in [0, 0.05) is 12.6 Å². The Labute approximate surface area is 128 Å². The van der Waals surface area contributed by atoms with Gasteiger partial charge < -0.3 is 9.73 Å². The zero-order chi connectivity index (χ0) is 16.0. The topological polar surface area (TPSA) is 71.3 Å². The third-order valence-electron chi connectivity index (χ3n) is 3.67. The lowest BCUT2D eigenvalue weighted by atomic mass is 9.99. The Hall–Kier alpha value is -0.850. The first-order valence-corrected chi connectivity index (χ1v) is 9.06. The molecule has 122 valence electrons. The van der Waals surface area contributed by atoms with Crippen LogP contribution in [-0.4, -0.2) is 21.5 Å². The average Bonchev–Trinajstić information content (AvgIpc) is 2.78. The summed E-state index contributed by atoms with van der Waals surface area (Å²) in [4.78, 5) is 0.242. The average molecular weight is 316 g/mol. The van der Waals surface area contributed by atoms with Gasteiger partial charge in [-0.25, -0.2) is 13.1 Å². The fourth-order valence-corrected chi connectivity index (χ4v) is 3.17. The number of sulfonamides is 1. The first kappa shape index (κ1) is 18.2. The number of nitrogens with one attached hydrogen (secondary N) is 2. The summed E-state index contributed by atoms with van der Waals surface area (Å²) < 4.78 is 32.9. The second-order valence-electron chi connectivity index (χ2n) is 5.88. The summed E-state index contributed by atoms with van der Waals surface area (Å²) in [7, 11) is -3.50. The first-order valence-electron chi connectivity index (χ1n) is 7.57. The van der Waals surface area contributed by atoms with E-state index in [2.05, 4.69) is 30.8 Å². The molecule has 0 saturated heterocycles. The normalized spacial score (nSPS) is 13.8. The molecule has 1 aromatic rings. The summed E-state index contributed by atoms with van der Waals surface area (Å²) in [6.45, 7) is 11.8. The van der Waals surface area contributed by atoms with Gasteiger partial charge in [0.2, 0.25) is 10.0 Å². The molecule has 2 N–H and O–H groups in total. The Morgan fingerprint density at radius 1 is 1.29 bits per heavy atom. The lowest BCUT2D eigenvalue weighted by Gasteiger charge is -2.15. The minimum absolute atomic E-state index is 0.242. The lowest BCUT2D eigenvalue weighted by molar-refractivity contribution is 0.414. The zero-order valence-corrected chi connectivity index (χ0v) is 14.5. The minimum atomic E-state index is -3.50. The Balaban J connectivity index is 2.74. The van der Waals surface area contributed by atoms with Gasteiger partial charge in [0.05, 0.1) is 6.54 Å². The highest BCUT2D eigenvalue weighted by Crippen LogP contribution is 2.20. The maximum atomic E-state index is 12.3. The molecule has 1 heterocycles. The van der Waals surface area contributed by atoms with Crippen LogP contribution in [-0.2, 0) is 16.6 Å². The Morgan fingerprint density at radius 2 is 1.95 bits per heavy atom. The number of hydrogen-bond acceptors (Lipinski definition) is 4. The van der Waals surface area contributed by atoms with Crippen LogP contribution in [0.5, 0.6) is 0 Å². The Morgan fingerprint density at radius 3 is 2.52 bits per heavy atom. The van der Waals surface area contributed by atoms with Crippen LogP contribution in [0.25, 0.3) is 0 Å². The van der Waals surface area contributed by atoms with E-state index < -0.39 is 10.0 Å². The molecule has 0 aliphatic rings. The highest BCUT2D eigenvalue weighted by Gasteiger charge is 2.22. The van der Waals surface area contributed by atoms with Crippen LogP contribution in [0.2, 0.25) is 0 Å². The summed E-state index contributed by atoms with van der Waals surface area (Å²) >= 11 is 0. The fraction of sp³-hybridized carbons (Fsp3) is 0.733. The third kappa shape index (κ3) is 5.45. The van der Waals surface area contributed by atoms with Crippen LogP contribution < -0.4 is 10.0 Å². The summed E-state index contributed by atoms with van der Waals surface area (Å²) in [6.07, 6.45) is 1.03. The molecule has 0 aliphatic carbocycles. The molecule has 1 atom stereocenters. The summed E-state index contributed by atoms with van der Waals surface area (Å²) in [5, 5.41) is 3.20. The molecule has 0 bridgehead atoms. The highest BCUT2D eigenvalue weighted by atomic mass is 32.2. The molecule has 0 saturated carbocycles. The largest absolute Gasteiger partial charge is 0.464 e. The van der Waals surface area contributed by atoms with Crippen molar-refractivity contribution in [1.29, 1.82) is 0 Å². The Kier molecular flexibility index (Phi) is 6.90. The monoisotopic (exact) mass is 316 g/mol. The number of aryl methyl sites for hydroxylation is 1.